The van der Waals surface area contributed by atoms with E-state index < -0.39 is 6.10 Å². The zero-order chi connectivity index (χ0) is 71.0. The second-order valence-corrected chi connectivity index (χ2v) is 26.4. The van der Waals surface area contributed by atoms with Crippen molar-refractivity contribution in [2.75, 3.05) is 82.7 Å². The van der Waals surface area contributed by atoms with E-state index in [9.17, 15) is 24.3 Å². The zero-order valence-corrected chi connectivity index (χ0v) is 65.3. The van der Waals surface area contributed by atoms with Crippen LogP contribution in [0.4, 0.5) is 27.5 Å². The highest BCUT2D eigenvalue weighted by Gasteiger charge is 2.30. The lowest BCUT2D eigenvalue weighted by molar-refractivity contribution is 0.0841. The molecule has 0 aliphatic carbocycles. The third-order valence-electron chi connectivity index (χ3n) is 13.0. The van der Waals surface area contributed by atoms with E-state index in [4.69, 9.17) is 73.6 Å². The largest absolute Gasteiger partial charge is 0.441 e. The summed E-state index contributed by atoms with van der Waals surface area (Å²) in [7, 11) is 8.64. The summed E-state index contributed by atoms with van der Waals surface area (Å²) in [4.78, 5) is 50.3. The molecule has 0 spiro atoms. The Morgan fingerprint density at radius 1 is 0.567 bits per heavy atom. The van der Waals surface area contributed by atoms with Gasteiger partial charge in [0.25, 0.3) is 0 Å². The minimum Gasteiger partial charge on any atom is -0.441 e. The van der Waals surface area contributed by atoms with Crippen LogP contribution in [0.5, 0.6) is 0 Å². The highest BCUT2D eigenvalue weighted by molar-refractivity contribution is 9.11. The maximum atomic E-state index is 12.2. The quantitative estimate of drug-likeness (QED) is 0.0375. The number of ether oxygens (including phenoxy) is 1. The Morgan fingerprint density at radius 2 is 0.990 bits per heavy atom. The third kappa shape index (κ3) is 34.2. The van der Waals surface area contributed by atoms with Crippen molar-refractivity contribution in [2.45, 2.75) is 44.8 Å². The number of nitrogens with one attached hydrogen (secondary N) is 3. The second-order valence-electron chi connectivity index (χ2n) is 20.7. The summed E-state index contributed by atoms with van der Waals surface area (Å²) >= 11 is 43.3. The van der Waals surface area contributed by atoms with Gasteiger partial charge in [-0.25, -0.2) is 4.79 Å². The topological polar surface area (TPSA) is 187 Å². The van der Waals surface area contributed by atoms with Crippen molar-refractivity contribution in [3.8, 4) is 0 Å². The predicted octanol–water partition coefficient (Wildman–Crippen LogP) is 21.5. The highest BCUT2D eigenvalue weighted by Crippen LogP contribution is 2.34. The van der Waals surface area contributed by atoms with Gasteiger partial charge in [0.05, 0.1) is 21.2 Å². The smallest absolute Gasteiger partial charge is 0.414 e. The molecule has 13 nitrogen and oxygen atoms in total. The lowest BCUT2D eigenvalue weighted by Gasteiger charge is -2.32. The monoisotopic (exact) mass is 1690 g/mol. The number of aliphatic hydroxyl groups excluding tert-OH is 2. The molecule has 0 radical (unpaired) electrons. The fourth-order valence-electron chi connectivity index (χ4n) is 8.41. The summed E-state index contributed by atoms with van der Waals surface area (Å²) in [5, 5.41) is 29.1. The molecule has 7 N–H and O–H groups in total. The number of hydrogen-bond donors (Lipinski definition) is 6. The normalized spacial score (nSPS) is 11.9. The first-order valence-electron chi connectivity index (χ1n) is 29.9. The molecular weight excluding hydrogens is 1620 g/mol. The lowest BCUT2D eigenvalue weighted by Crippen LogP contribution is -2.39. The number of cyclic esters (lactones) is 1. The number of rotatable bonds is 17. The maximum Gasteiger partial charge on any atom is 0.414 e. The van der Waals surface area contributed by atoms with Crippen LogP contribution >= 0.6 is 134 Å². The Morgan fingerprint density at radius 3 is 1.41 bits per heavy atom. The molecule has 23 heteroatoms. The third-order valence-corrected chi connectivity index (χ3v) is 16.7. The van der Waals surface area contributed by atoms with Crippen LogP contribution in [0.25, 0.3) is 0 Å². The number of carbonyl (C=O) groups excluding carboxylic acids is 4. The van der Waals surface area contributed by atoms with Crippen LogP contribution in [0.2, 0.25) is 25.1 Å². The molecule has 2 unspecified atom stereocenters. The summed E-state index contributed by atoms with van der Waals surface area (Å²) < 4.78 is 9.55. The molecule has 0 aromatic heterocycles. The van der Waals surface area contributed by atoms with Gasteiger partial charge in [-0.05, 0) is 168 Å². The molecule has 1 fully saturated rings. The van der Waals surface area contributed by atoms with Crippen LogP contribution in [0, 0.1) is 0 Å². The van der Waals surface area contributed by atoms with Crippen LogP contribution < -0.4 is 26.6 Å². The molecule has 1 amide bonds. The molecule has 1 aliphatic heterocycles. The SMILES string of the molecule is CC(=O)c1ccccc1Cl.CN(C)CCC(=O)c1ccccc1Cl.CNC.CO.Cl.Nc1cccc(Br)c1.O=C(CCNc1cccc(Br)c1)c1ccccc1Cl.O=C1OC(c2ccccc2Cl)CCN1c1cccc(Br)c1.OC(CCNc1cccc(Br)c1)c1ccccc1Cl. The molecular formula is C74H80Br4Cl6N6O7. The molecule has 97 heavy (non-hydrogen) atoms. The van der Waals surface area contributed by atoms with Crippen molar-refractivity contribution in [1.29, 1.82) is 0 Å². The van der Waals surface area contributed by atoms with Crippen molar-refractivity contribution in [1.82, 2.24) is 10.2 Å². The van der Waals surface area contributed by atoms with E-state index in [0.717, 1.165) is 65.4 Å². The first-order chi connectivity index (χ1) is 46.0. The van der Waals surface area contributed by atoms with Gasteiger partial charge < -0.3 is 41.5 Å². The van der Waals surface area contributed by atoms with Gasteiger partial charge in [0.15, 0.2) is 17.3 Å². The van der Waals surface area contributed by atoms with Gasteiger partial charge >= 0.3 is 6.09 Å². The molecule has 1 aliphatic rings. The van der Waals surface area contributed by atoms with E-state index in [1.54, 1.807) is 59.5 Å². The van der Waals surface area contributed by atoms with E-state index in [0.29, 0.717) is 87.1 Å². The Hall–Kier alpha value is -5.84. The van der Waals surface area contributed by atoms with Crippen LogP contribution in [-0.2, 0) is 4.74 Å². The van der Waals surface area contributed by atoms with Crippen molar-refractivity contribution in [3.05, 3.63) is 289 Å². The van der Waals surface area contributed by atoms with Gasteiger partial charge in [-0.3, -0.25) is 19.3 Å². The number of anilines is 4. The van der Waals surface area contributed by atoms with Crippen LogP contribution in [0.1, 0.15) is 87.0 Å². The summed E-state index contributed by atoms with van der Waals surface area (Å²) in [6, 6.07) is 67.1. The summed E-state index contributed by atoms with van der Waals surface area (Å²) in [6.45, 7) is 4.12. The van der Waals surface area contributed by atoms with Gasteiger partial charge in [0.2, 0.25) is 0 Å². The maximum absolute atomic E-state index is 12.2. The van der Waals surface area contributed by atoms with Crippen molar-refractivity contribution >= 4 is 180 Å². The zero-order valence-electron chi connectivity index (χ0n) is 54.3. The number of benzene rings is 9. The number of halogens is 10. The Labute approximate surface area is 635 Å². The number of Topliss-reactive ketones (excluding diaryl/α,β-unsaturated/α-hetero) is 3. The van der Waals surface area contributed by atoms with E-state index in [-0.39, 0.29) is 42.0 Å². The van der Waals surface area contributed by atoms with E-state index in [1.165, 1.54) is 6.92 Å². The minimum absolute atomic E-state index is 0. The molecule has 0 saturated carbocycles. The van der Waals surface area contributed by atoms with Crippen LogP contribution in [0.15, 0.2) is 236 Å². The van der Waals surface area contributed by atoms with Crippen molar-refractivity contribution < 1.29 is 34.1 Å². The van der Waals surface area contributed by atoms with Gasteiger partial charge in [-0.2, -0.15) is 0 Å². The molecule has 0 bridgehead atoms. The average Bonchev–Trinajstić information content (AvgIpc) is 0.832. The number of nitrogens with zero attached hydrogens (tertiary/aromatic N) is 2. The van der Waals surface area contributed by atoms with Gasteiger partial charge in [-0.1, -0.05) is 219 Å². The molecule has 2 atom stereocenters. The highest BCUT2D eigenvalue weighted by atomic mass is 79.9. The van der Waals surface area contributed by atoms with E-state index >= 15 is 0 Å². The summed E-state index contributed by atoms with van der Waals surface area (Å²) in [6.07, 6.45) is 1.07. The van der Waals surface area contributed by atoms with Gasteiger partial charge in [0.1, 0.15) is 6.10 Å². The van der Waals surface area contributed by atoms with Crippen LogP contribution in [0.3, 0.4) is 0 Å². The van der Waals surface area contributed by atoms with E-state index in [2.05, 4.69) is 79.7 Å². The predicted molar refractivity (Wildman–Crippen MR) is 423 cm³/mol. The number of aliphatic hydroxyl groups is 2. The Balaban J connectivity index is 0.000000399. The standard InChI is InChI=1S/C16H13BrClNO2.C15H15BrClNO.C15H13BrClNO.C11H14ClNO.C8H7ClO.C6H6BrN.C2H7N.CH4O.ClH/c17-11-4-3-5-12(10-11)19-9-8-15(21-16(19)20)13-6-1-2-7-14(13)18;2*16-11-4-3-5-12(10-11)18-9-8-15(19)13-6-1-2-7-14(13)17;1-13(2)8-7-11(14)9-5-3-4-6-10(9)12;1-6(10)7-4-2-3-5-8(7)9;7-5-2-1-3-6(8)4-5;1-3-2;1-2;/h1-7,10,15H,8-9H2;1-7,10,15,18-19H,8-9H2;1-7,10,18H,8-9H2;3-6H,7-8H2,1-2H3;2-5H,1H3;1-4H,8H2;3H,1-2H3;2H,1H3;1H. The molecule has 518 valence electrons. The number of ketones is 3. The Kier molecular flexibility index (Phi) is 44.6. The summed E-state index contributed by atoms with van der Waals surface area (Å²) in [5.74, 6) is 0.156. The molecule has 9 aromatic rings. The number of hydrogen-bond acceptors (Lipinski definition) is 12. The molecule has 1 saturated heterocycles. The number of nitrogens with two attached hydrogens (primary N) is 1. The Bertz CT molecular complexity index is 3810. The fourth-order valence-corrected chi connectivity index (χ4v) is 11.3. The lowest BCUT2D eigenvalue weighted by atomic mass is 10.0. The average molecular weight is 1700 g/mol. The van der Waals surface area contributed by atoms with Gasteiger partial charge in [-0.15, -0.1) is 12.4 Å². The van der Waals surface area contributed by atoms with Gasteiger partial charge in [0, 0.05) is 125 Å². The molecule has 9 aromatic carbocycles. The fraction of sp³-hybridized carbons (Fsp3) is 0.216. The first kappa shape index (κ1) is 87.2. The number of nitrogen functional groups attached to an aromatic ring is 1. The van der Waals surface area contributed by atoms with E-state index in [1.807, 2.05) is 197 Å². The molecule has 1 heterocycles. The first-order valence-corrected chi connectivity index (χ1v) is 35.0. The van der Waals surface area contributed by atoms with Crippen LogP contribution in [-0.4, -0.2) is 100 Å². The minimum atomic E-state index is -0.548. The molecule has 10 rings (SSSR count). The van der Waals surface area contributed by atoms with Crippen molar-refractivity contribution in [2.24, 2.45) is 0 Å². The number of carbonyl (C=O) groups is 4. The number of amides is 1. The van der Waals surface area contributed by atoms with Crippen molar-refractivity contribution in [3.63, 3.8) is 0 Å². The summed E-state index contributed by atoms with van der Waals surface area (Å²) in [5.41, 5.74) is 12.5. The second kappa shape index (κ2) is 49.6.